The van der Waals surface area contributed by atoms with Crippen molar-refractivity contribution in [2.45, 2.75) is 18.7 Å². The van der Waals surface area contributed by atoms with Crippen LogP contribution >= 0.6 is 0 Å². The molecule has 0 bridgehead atoms. The third kappa shape index (κ3) is 5.75. The van der Waals surface area contributed by atoms with Gasteiger partial charge in [0.25, 0.3) is 10.0 Å². The van der Waals surface area contributed by atoms with Gasteiger partial charge in [-0.15, -0.1) is 0 Å². The molecule has 2 aromatic carbocycles. The summed E-state index contributed by atoms with van der Waals surface area (Å²) in [5, 5.41) is 5.33. The Kier molecular flexibility index (Phi) is 5.97. The van der Waals surface area contributed by atoms with Crippen LogP contribution in [-0.2, 0) is 10.0 Å². The summed E-state index contributed by atoms with van der Waals surface area (Å²) in [4.78, 5) is 11.7. The van der Waals surface area contributed by atoms with Crippen LogP contribution < -0.4 is 15.4 Å². The van der Waals surface area contributed by atoms with Gasteiger partial charge in [-0.3, -0.25) is 4.72 Å². The Morgan fingerprint density at radius 3 is 2.12 bits per heavy atom. The fourth-order valence-electron chi connectivity index (χ4n) is 1.92. The van der Waals surface area contributed by atoms with Gasteiger partial charge in [0.2, 0.25) is 0 Å². The first-order chi connectivity index (χ1) is 11.8. The number of rotatable bonds is 6. The lowest BCUT2D eigenvalue weighted by Gasteiger charge is -2.11. The van der Waals surface area contributed by atoms with E-state index in [9.17, 15) is 17.6 Å². The highest BCUT2D eigenvalue weighted by Gasteiger charge is 2.14. The third-order valence-corrected chi connectivity index (χ3v) is 4.59. The Morgan fingerprint density at radius 2 is 1.56 bits per heavy atom. The highest BCUT2D eigenvalue weighted by atomic mass is 32.2. The zero-order valence-electron chi connectivity index (χ0n) is 13.9. The molecule has 0 aliphatic carbocycles. The molecule has 6 nitrogen and oxygen atoms in total. The summed E-state index contributed by atoms with van der Waals surface area (Å²) in [6.45, 7) is 4.50. The van der Waals surface area contributed by atoms with Crippen LogP contribution in [0.5, 0.6) is 0 Å². The highest BCUT2D eigenvalue weighted by molar-refractivity contribution is 7.92. The summed E-state index contributed by atoms with van der Waals surface area (Å²) < 4.78 is 39.8. The van der Waals surface area contributed by atoms with Crippen molar-refractivity contribution in [2.75, 3.05) is 16.6 Å². The second kappa shape index (κ2) is 7.98. The summed E-state index contributed by atoms with van der Waals surface area (Å²) in [5.74, 6) is -0.120. The molecule has 0 saturated carbocycles. The molecule has 0 fully saturated rings. The summed E-state index contributed by atoms with van der Waals surface area (Å²) >= 11 is 0. The Bertz CT molecular complexity index is 819. The van der Waals surface area contributed by atoms with Gasteiger partial charge in [-0.05, 0) is 54.4 Å². The summed E-state index contributed by atoms with van der Waals surface area (Å²) in [7, 11) is -3.79. The topological polar surface area (TPSA) is 87.3 Å². The summed E-state index contributed by atoms with van der Waals surface area (Å²) in [6, 6.07) is 10.4. The molecular formula is C17H20FN3O3S. The van der Waals surface area contributed by atoms with Crippen LogP contribution in [0.2, 0.25) is 0 Å². The lowest BCUT2D eigenvalue weighted by atomic mass is 10.2. The van der Waals surface area contributed by atoms with Crippen molar-refractivity contribution < 1.29 is 17.6 Å². The van der Waals surface area contributed by atoms with Crippen LogP contribution in [0.3, 0.4) is 0 Å². The Balaban J connectivity index is 2.02. The van der Waals surface area contributed by atoms with E-state index in [-0.39, 0.29) is 16.6 Å². The Labute approximate surface area is 146 Å². The van der Waals surface area contributed by atoms with Crippen LogP contribution in [-0.4, -0.2) is 21.0 Å². The fraction of sp³-hybridized carbons (Fsp3) is 0.235. The van der Waals surface area contributed by atoms with Crippen molar-refractivity contribution in [2.24, 2.45) is 5.92 Å². The van der Waals surface area contributed by atoms with E-state index in [0.29, 0.717) is 18.2 Å². The molecule has 0 radical (unpaired) electrons. The molecule has 0 atom stereocenters. The molecule has 0 spiro atoms. The minimum atomic E-state index is -3.79. The molecule has 25 heavy (non-hydrogen) atoms. The van der Waals surface area contributed by atoms with Crippen molar-refractivity contribution in [3.8, 4) is 0 Å². The number of carbonyl (C=O) groups excluding carboxylic acids is 1. The van der Waals surface area contributed by atoms with Gasteiger partial charge in [-0.2, -0.15) is 0 Å². The van der Waals surface area contributed by atoms with E-state index in [4.69, 9.17) is 0 Å². The third-order valence-electron chi connectivity index (χ3n) is 3.19. The Morgan fingerprint density at radius 1 is 1.00 bits per heavy atom. The molecule has 2 aromatic rings. The molecule has 134 valence electrons. The molecule has 0 saturated heterocycles. The number of amides is 2. The normalized spacial score (nSPS) is 11.2. The van der Waals surface area contributed by atoms with Gasteiger partial charge in [0.1, 0.15) is 5.82 Å². The first-order valence-electron chi connectivity index (χ1n) is 7.69. The number of urea groups is 1. The number of halogens is 1. The Hall–Kier alpha value is -2.61. The maximum Gasteiger partial charge on any atom is 0.319 e. The van der Waals surface area contributed by atoms with Gasteiger partial charge in [0.05, 0.1) is 4.90 Å². The van der Waals surface area contributed by atoms with Crippen molar-refractivity contribution in [1.82, 2.24) is 5.32 Å². The van der Waals surface area contributed by atoms with Crippen LogP contribution in [0.1, 0.15) is 13.8 Å². The molecule has 0 aliphatic heterocycles. The van der Waals surface area contributed by atoms with Crippen LogP contribution in [0.25, 0.3) is 0 Å². The van der Waals surface area contributed by atoms with E-state index >= 15 is 0 Å². The number of carbonyl (C=O) groups is 1. The number of hydrogen-bond acceptors (Lipinski definition) is 3. The molecule has 3 N–H and O–H groups in total. The van der Waals surface area contributed by atoms with Gasteiger partial charge >= 0.3 is 6.03 Å². The minimum Gasteiger partial charge on any atom is -0.338 e. The van der Waals surface area contributed by atoms with E-state index in [1.54, 1.807) is 0 Å². The number of nitrogens with one attached hydrogen (secondary N) is 3. The average molecular weight is 365 g/mol. The SMILES string of the molecule is CC(C)CNC(=O)Nc1ccc(S(=O)(=O)Nc2ccc(F)cc2)cc1. The van der Waals surface area contributed by atoms with Crippen molar-refractivity contribution in [3.05, 3.63) is 54.3 Å². The predicted octanol–water partition coefficient (Wildman–Crippen LogP) is 3.40. The zero-order valence-corrected chi connectivity index (χ0v) is 14.7. The van der Waals surface area contributed by atoms with Gasteiger partial charge in [-0.25, -0.2) is 17.6 Å². The van der Waals surface area contributed by atoms with Gasteiger partial charge in [0, 0.05) is 17.9 Å². The second-order valence-electron chi connectivity index (χ2n) is 5.87. The fourth-order valence-corrected chi connectivity index (χ4v) is 2.98. The molecular weight excluding hydrogens is 345 g/mol. The lowest BCUT2D eigenvalue weighted by Crippen LogP contribution is -2.31. The van der Waals surface area contributed by atoms with Crippen molar-refractivity contribution in [3.63, 3.8) is 0 Å². The maximum atomic E-state index is 12.9. The molecule has 2 rings (SSSR count). The van der Waals surface area contributed by atoms with Gasteiger partial charge in [-0.1, -0.05) is 13.8 Å². The minimum absolute atomic E-state index is 0.0324. The standard InChI is InChI=1S/C17H20FN3O3S/c1-12(2)11-19-17(22)20-14-7-9-16(10-8-14)25(23,24)21-15-5-3-13(18)4-6-15/h3-10,12,21H,11H2,1-2H3,(H2,19,20,22). The number of anilines is 2. The molecule has 2 amide bonds. The smallest absolute Gasteiger partial charge is 0.319 e. The van der Waals surface area contributed by atoms with Gasteiger partial charge < -0.3 is 10.6 Å². The summed E-state index contributed by atoms with van der Waals surface area (Å²) in [5.41, 5.74) is 0.735. The molecule has 0 aliphatic rings. The van der Waals surface area contributed by atoms with Crippen LogP contribution in [0, 0.1) is 11.7 Å². The first-order valence-corrected chi connectivity index (χ1v) is 9.18. The highest BCUT2D eigenvalue weighted by Crippen LogP contribution is 2.18. The average Bonchev–Trinajstić information content (AvgIpc) is 2.55. The zero-order chi connectivity index (χ0) is 18.4. The van der Waals surface area contributed by atoms with Crippen molar-refractivity contribution >= 4 is 27.4 Å². The molecule has 0 unspecified atom stereocenters. The first kappa shape index (κ1) is 18.7. The maximum absolute atomic E-state index is 12.9. The van der Waals surface area contributed by atoms with Gasteiger partial charge in [0.15, 0.2) is 0 Å². The quantitative estimate of drug-likeness (QED) is 0.733. The molecule has 8 heteroatoms. The monoisotopic (exact) mass is 365 g/mol. The van der Waals surface area contributed by atoms with Crippen LogP contribution in [0.15, 0.2) is 53.4 Å². The number of benzene rings is 2. The van der Waals surface area contributed by atoms with E-state index in [1.165, 1.54) is 48.5 Å². The van der Waals surface area contributed by atoms with E-state index in [1.807, 2.05) is 13.8 Å². The van der Waals surface area contributed by atoms with Crippen LogP contribution in [0.4, 0.5) is 20.6 Å². The van der Waals surface area contributed by atoms with E-state index in [2.05, 4.69) is 15.4 Å². The van der Waals surface area contributed by atoms with Crippen molar-refractivity contribution in [1.29, 1.82) is 0 Å². The predicted molar refractivity (Wildman–Crippen MR) is 95.5 cm³/mol. The number of hydrogen-bond donors (Lipinski definition) is 3. The largest absolute Gasteiger partial charge is 0.338 e. The summed E-state index contributed by atoms with van der Waals surface area (Å²) in [6.07, 6.45) is 0. The van der Waals surface area contributed by atoms with E-state index in [0.717, 1.165) is 0 Å². The lowest BCUT2D eigenvalue weighted by molar-refractivity contribution is 0.251. The van der Waals surface area contributed by atoms with E-state index < -0.39 is 15.8 Å². The molecule has 0 aromatic heterocycles. The second-order valence-corrected chi connectivity index (χ2v) is 7.55. The number of sulfonamides is 1. The molecule has 0 heterocycles.